The van der Waals surface area contributed by atoms with Crippen LogP contribution in [-0.2, 0) is 0 Å². The molecule has 0 aliphatic heterocycles. The molecule has 0 aromatic carbocycles. The Hall–Kier alpha value is -1.58. The third-order valence-corrected chi connectivity index (χ3v) is 1.98. The Morgan fingerprint density at radius 2 is 2.50 bits per heavy atom. The first-order valence-corrected chi connectivity index (χ1v) is 4.67. The Labute approximate surface area is 83.1 Å². The summed E-state index contributed by atoms with van der Waals surface area (Å²) in [5.41, 5.74) is 1.00. The fourth-order valence-electron chi connectivity index (χ4n) is 0.951. The molecule has 1 rings (SSSR count). The number of anilines is 1. The fourth-order valence-corrected chi connectivity index (χ4v) is 0.951. The van der Waals surface area contributed by atoms with Gasteiger partial charge in [-0.25, -0.2) is 9.78 Å². The lowest BCUT2D eigenvalue weighted by atomic mass is 10.2. The van der Waals surface area contributed by atoms with E-state index in [-0.39, 0.29) is 5.69 Å². The molecule has 0 radical (unpaired) electrons. The van der Waals surface area contributed by atoms with Crippen LogP contribution in [0, 0.1) is 0 Å². The first kappa shape index (κ1) is 10.5. The van der Waals surface area contributed by atoms with Gasteiger partial charge in [0.05, 0.1) is 0 Å². The molecule has 0 atom stereocenters. The van der Waals surface area contributed by atoms with Gasteiger partial charge in [0.2, 0.25) is 0 Å². The molecule has 0 aliphatic carbocycles. The minimum Gasteiger partial charge on any atom is -0.368 e. The Bertz CT molecular complexity index is 368. The average Bonchev–Trinajstić information content (AvgIpc) is 2.17. The van der Waals surface area contributed by atoms with Crippen LogP contribution in [-0.4, -0.2) is 16.5 Å². The molecule has 2 N–H and O–H groups in total. The maximum absolute atomic E-state index is 10.8. The highest BCUT2D eigenvalue weighted by molar-refractivity contribution is 5.32. The van der Waals surface area contributed by atoms with Crippen LogP contribution in [0.5, 0.6) is 0 Å². The summed E-state index contributed by atoms with van der Waals surface area (Å²) in [5, 5.41) is 3.08. The molecular weight excluding hydrogens is 178 g/mol. The van der Waals surface area contributed by atoms with Crippen LogP contribution in [0.15, 0.2) is 28.7 Å². The zero-order valence-electron chi connectivity index (χ0n) is 8.50. The molecule has 0 fully saturated rings. The molecule has 1 heterocycles. The van der Waals surface area contributed by atoms with Crippen molar-refractivity contribution in [3.8, 4) is 0 Å². The predicted octanol–water partition coefficient (Wildman–Crippen LogP) is 1.54. The van der Waals surface area contributed by atoms with E-state index in [4.69, 9.17) is 0 Å². The first-order valence-electron chi connectivity index (χ1n) is 4.67. The Morgan fingerprint density at radius 1 is 1.71 bits per heavy atom. The smallest absolute Gasteiger partial charge is 0.346 e. The van der Waals surface area contributed by atoms with Gasteiger partial charge < -0.3 is 5.32 Å². The molecule has 4 heteroatoms. The van der Waals surface area contributed by atoms with E-state index in [9.17, 15) is 4.79 Å². The number of nitrogens with zero attached hydrogens (tertiary/aromatic N) is 1. The summed E-state index contributed by atoms with van der Waals surface area (Å²) in [6.07, 6.45) is 4.63. The molecular formula is C10H15N3O. The van der Waals surface area contributed by atoms with E-state index >= 15 is 0 Å². The van der Waals surface area contributed by atoms with Crippen LogP contribution in [0.1, 0.15) is 20.3 Å². The molecule has 0 saturated carbocycles. The predicted molar refractivity (Wildman–Crippen MR) is 57.4 cm³/mol. The molecule has 0 bridgehead atoms. The number of H-pyrrole nitrogens is 1. The second-order valence-electron chi connectivity index (χ2n) is 3.07. The van der Waals surface area contributed by atoms with Crippen molar-refractivity contribution in [1.29, 1.82) is 0 Å². The van der Waals surface area contributed by atoms with Gasteiger partial charge in [-0.15, -0.1) is 0 Å². The number of allylic oxidation sites excluding steroid dienone is 1. The lowest BCUT2D eigenvalue weighted by Crippen LogP contribution is -2.12. The van der Waals surface area contributed by atoms with E-state index in [2.05, 4.69) is 35.2 Å². The third kappa shape index (κ3) is 3.43. The molecule has 4 nitrogen and oxygen atoms in total. The number of nitrogens with one attached hydrogen (secondary N) is 2. The normalized spacial score (nSPS) is 11.4. The summed E-state index contributed by atoms with van der Waals surface area (Å²) >= 11 is 0. The monoisotopic (exact) mass is 193 g/mol. The summed E-state index contributed by atoms with van der Waals surface area (Å²) in [4.78, 5) is 16.9. The standard InChI is InChI=1S/C10H15N3O/c1-3-8(2)4-6-11-9-5-7-12-10(14)13-9/h4-5,7H,3,6H2,1-2H3,(H2,11,12,13,14). The van der Waals surface area contributed by atoms with Crippen molar-refractivity contribution in [3.05, 3.63) is 34.4 Å². The first-order chi connectivity index (χ1) is 6.72. The van der Waals surface area contributed by atoms with Gasteiger partial charge in [-0.1, -0.05) is 18.6 Å². The lowest BCUT2D eigenvalue weighted by molar-refractivity contribution is 1.05. The highest BCUT2D eigenvalue weighted by Gasteiger charge is 1.90. The van der Waals surface area contributed by atoms with E-state index < -0.39 is 0 Å². The zero-order chi connectivity index (χ0) is 10.4. The highest BCUT2D eigenvalue weighted by Crippen LogP contribution is 1.99. The van der Waals surface area contributed by atoms with Crippen LogP contribution in [0.2, 0.25) is 0 Å². The lowest BCUT2D eigenvalue weighted by Gasteiger charge is -2.02. The summed E-state index contributed by atoms with van der Waals surface area (Å²) in [6.45, 7) is 4.91. The second-order valence-corrected chi connectivity index (χ2v) is 3.07. The second kappa shape index (κ2) is 5.21. The zero-order valence-corrected chi connectivity index (χ0v) is 8.50. The molecule has 0 amide bonds. The Kier molecular flexibility index (Phi) is 3.91. The maximum Gasteiger partial charge on any atom is 0.346 e. The van der Waals surface area contributed by atoms with Crippen molar-refractivity contribution >= 4 is 5.82 Å². The van der Waals surface area contributed by atoms with Gasteiger partial charge in [-0.05, 0) is 19.4 Å². The minimum atomic E-state index is -0.328. The number of aromatic amines is 1. The van der Waals surface area contributed by atoms with Gasteiger partial charge in [-0.3, -0.25) is 4.98 Å². The maximum atomic E-state index is 10.8. The molecule has 76 valence electrons. The van der Waals surface area contributed by atoms with Crippen LogP contribution >= 0.6 is 0 Å². The largest absolute Gasteiger partial charge is 0.368 e. The number of hydrogen-bond acceptors (Lipinski definition) is 3. The Balaban J connectivity index is 2.50. The van der Waals surface area contributed by atoms with Crippen molar-refractivity contribution in [1.82, 2.24) is 9.97 Å². The number of hydrogen-bond donors (Lipinski definition) is 2. The van der Waals surface area contributed by atoms with E-state index in [1.54, 1.807) is 6.07 Å². The molecule has 0 spiro atoms. The summed E-state index contributed by atoms with van der Waals surface area (Å²) in [6, 6.07) is 1.73. The van der Waals surface area contributed by atoms with Crippen molar-refractivity contribution in [2.75, 3.05) is 11.9 Å². The Morgan fingerprint density at radius 3 is 3.14 bits per heavy atom. The van der Waals surface area contributed by atoms with E-state index in [0.29, 0.717) is 5.82 Å². The van der Waals surface area contributed by atoms with Crippen molar-refractivity contribution in [2.24, 2.45) is 0 Å². The van der Waals surface area contributed by atoms with Crippen molar-refractivity contribution in [3.63, 3.8) is 0 Å². The van der Waals surface area contributed by atoms with Crippen molar-refractivity contribution < 1.29 is 0 Å². The SMILES string of the molecule is CCC(C)=CCNc1ccnc(=O)[nH]1. The van der Waals surface area contributed by atoms with Gasteiger partial charge >= 0.3 is 5.69 Å². The molecule has 0 aliphatic rings. The topological polar surface area (TPSA) is 57.8 Å². The minimum absolute atomic E-state index is 0.328. The van der Waals surface area contributed by atoms with Gasteiger partial charge in [-0.2, -0.15) is 0 Å². The molecule has 0 saturated heterocycles. The molecule has 1 aromatic rings. The van der Waals surface area contributed by atoms with Gasteiger partial charge in [0.25, 0.3) is 0 Å². The number of rotatable bonds is 4. The van der Waals surface area contributed by atoms with Crippen LogP contribution in [0.3, 0.4) is 0 Å². The van der Waals surface area contributed by atoms with E-state index in [1.165, 1.54) is 11.8 Å². The van der Waals surface area contributed by atoms with Crippen LogP contribution in [0.25, 0.3) is 0 Å². The summed E-state index contributed by atoms with van der Waals surface area (Å²) in [7, 11) is 0. The highest BCUT2D eigenvalue weighted by atomic mass is 16.1. The van der Waals surface area contributed by atoms with Gasteiger partial charge in [0, 0.05) is 12.7 Å². The molecule has 1 aromatic heterocycles. The van der Waals surface area contributed by atoms with Gasteiger partial charge in [0.1, 0.15) is 5.82 Å². The van der Waals surface area contributed by atoms with Crippen LogP contribution < -0.4 is 11.0 Å². The molecule has 0 unspecified atom stereocenters. The van der Waals surface area contributed by atoms with Gasteiger partial charge in [0.15, 0.2) is 0 Å². The summed E-state index contributed by atoms with van der Waals surface area (Å²) in [5.74, 6) is 0.699. The fraction of sp³-hybridized carbons (Fsp3) is 0.400. The van der Waals surface area contributed by atoms with Crippen LogP contribution in [0.4, 0.5) is 5.82 Å². The van der Waals surface area contributed by atoms with E-state index in [0.717, 1.165) is 13.0 Å². The van der Waals surface area contributed by atoms with Crippen molar-refractivity contribution in [2.45, 2.75) is 20.3 Å². The van der Waals surface area contributed by atoms with E-state index in [1.807, 2.05) is 0 Å². The third-order valence-electron chi connectivity index (χ3n) is 1.98. The molecule has 14 heavy (non-hydrogen) atoms. The average molecular weight is 193 g/mol. The number of aromatic nitrogens is 2. The quantitative estimate of drug-likeness (QED) is 0.713. The summed E-state index contributed by atoms with van der Waals surface area (Å²) < 4.78 is 0.